The van der Waals surface area contributed by atoms with Gasteiger partial charge in [0.25, 0.3) is 5.91 Å². The Morgan fingerprint density at radius 1 is 1.10 bits per heavy atom. The molecule has 0 aliphatic carbocycles. The molecule has 0 spiro atoms. The third-order valence-electron chi connectivity index (χ3n) is 5.24. The molecular formula is C24H31N3O2. The lowest BCUT2D eigenvalue weighted by molar-refractivity contribution is 0.0952. The van der Waals surface area contributed by atoms with E-state index in [4.69, 9.17) is 9.72 Å². The van der Waals surface area contributed by atoms with Crippen LogP contribution in [0, 0.1) is 13.8 Å². The molecule has 0 aliphatic rings. The highest BCUT2D eigenvalue weighted by Crippen LogP contribution is 2.18. The number of nitrogens with zero attached hydrogens (tertiary/aromatic N) is 2. The monoisotopic (exact) mass is 393 g/mol. The van der Waals surface area contributed by atoms with Crippen molar-refractivity contribution in [3.8, 4) is 0 Å². The lowest BCUT2D eigenvalue weighted by Crippen LogP contribution is -2.25. The maximum atomic E-state index is 12.3. The van der Waals surface area contributed by atoms with Gasteiger partial charge in [-0.2, -0.15) is 0 Å². The van der Waals surface area contributed by atoms with Gasteiger partial charge < -0.3 is 14.6 Å². The third-order valence-corrected chi connectivity index (χ3v) is 5.24. The fourth-order valence-corrected chi connectivity index (χ4v) is 3.70. The summed E-state index contributed by atoms with van der Waals surface area (Å²) < 4.78 is 7.53. The molecule has 1 N–H and O–H groups in total. The van der Waals surface area contributed by atoms with Gasteiger partial charge in [-0.3, -0.25) is 4.79 Å². The van der Waals surface area contributed by atoms with Crippen LogP contribution in [-0.4, -0.2) is 35.7 Å². The number of ether oxygens (including phenoxy) is 1. The Bertz CT molecular complexity index is 962. The van der Waals surface area contributed by atoms with E-state index >= 15 is 0 Å². The SMILES string of the molecule is COCCn1c(CCCCCNC(=O)c2ccc(C)cc2C)nc2ccccc21. The van der Waals surface area contributed by atoms with Gasteiger partial charge in [-0.1, -0.05) is 36.2 Å². The minimum Gasteiger partial charge on any atom is -0.383 e. The van der Waals surface area contributed by atoms with E-state index in [0.29, 0.717) is 13.2 Å². The first kappa shape index (κ1) is 21.1. The molecule has 2 aromatic carbocycles. The Morgan fingerprint density at radius 3 is 2.72 bits per heavy atom. The van der Waals surface area contributed by atoms with Crippen LogP contribution >= 0.6 is 0 Å². The van der Waals surface area contributed by atoms with Crippen molar-refractivity contribution in [3.05, 3.63) is 65.0 Å². The van der Waals surface area contributed by atoms with Gasteiger partial charge in [-0.15, -0.1) is 0 Å². The van der Waals surface area contributed by atoms with E-state index in [1.807, 2.05) is 38.1 Å². The number of aryl methyl sites for hydroxylation is 3. The summed E-state index contributed by atoms with van der Waals surface area (Å²) in [5, 5.41) is 3.04. The van der Waals surface area contributed by atoms with Crippen LogP contribution in [0.4, 0.5) is 0 Å². The molecule has 0 saturated heterocycles. The number of hydrogen-bond acceptors (Lipinski definition) is 3. The van der Waals surface area contributed by atoms with Crippen molar-refractivity contribution in [1.82, 2.24) is 14.9 Å². The van der Waals surface area contributed by atoms with Crippen molar-refractivity contribution in [1.29, 1.82) is 0 Å². The smallest absolute Gasteiger partial charge is 0.251 e. The first-order valence-corrected chi connectivity index (χ1v) is 10.4. The van der Waals surface area contributed by atoms with Crippen LogP contribution in [0.2, 0.25) is 0 Å². The first-order chi connectivity index (χ1) is 14.1. The standard InChI is InChI=1S/C24H31N3O2/c1-18-12-13-20(19(2)17-18)24(28)25-14-8-4-5-11-23-26-21-9-6-7-10-22(21)27(23)15-16-29-3/h6-7,9-10,12-13,17H,4-5,8,11,14-16H2,1-3H3,(H,25,28). The van der Waals surface area contributed by atoms with Gasteiger partial charge in [0, 0.05) is 32.2 Å². The highest BCUT2D eigenvalue weighted by atomic mass is 16.5. The molecule has 3 rings (SSSR count). The van der Waals surface area contributed by atoms with Crippen LogP contribution in [0.5, 0.6) is 0 Å². The molecule has 0 saturated carbocycles. The summed E-state index contributed by atoms with van der Waals surface area (Å²) in [4.78, 5) is 17.1. The van der Waals surface area contributed by atoms with Crippen LogP contribution in [0.15, 0.2) is 42.5 Å². The molecule has 0 radical (unpaired) electrons. The van der Waals surface area contributed by atoms with Gasteiger partial charge in [-0.25, -0.2) is 4.98 Å². The number of hydrogen-bond donors (Lipinski definition) is 1. The highest BCUT2D eigenvalue weighted by molar-refractivity contribution is 5.95. The Balaban J connectivity index is 1.46. The number of rotatable bonds is 10. The second kappa shape index (κ2) is 10.2. The van der Waals surface area contributed by atoms with Crippen LogP contribution < -0.4 is 5.32 Å². The van der Waals surface area contributed by atoms with E-state index in [1.165, 1.54) is 11.1 Å². The predicted octanol–water partition coefficient (Wildman–Crippen LogP) is 4.44. The summed E-state index contributed by atoms with van der Waals surface area (Å²) in [6, 6.07) is 14.2. The first-order valence-electron chi connectivity index (χ1n) is 10.4. The average molecular weight is 394 g/mol. The van der Waals surface area contributed by atoms with Crippen molar-refractivity contribution >= 4 is 16.9 Å². The lowest BCUT2D eigenvalue weighted by atomic mass is 10.1. The fourth-order valence-electron chi connectivity index (χ4n) is 3.70. The molecule has 0 aliphatic heterocycles. The number of carbonyl (C=O) groups excluding carboxylic acids is 1. The molecule has 29 heavy (non-hydrogen) atoms. The summed E-state index contributed by atoms with van der Waals surface area (Å²) in [7, 11) is 1.73. The second-order valence-electron chi connectivity index (χ2n) is 7.55. The number of fused-ring (bicyclic) bond motifs is 1. The molecule has 5 nitrogen and oxygen atoms in total. The van der Waals surface area contributed by atoms with Crippen LogP contribution in [-0.2, 0) is 17.7 Å². The molecule has 1 aromatic heterocycles. The number of carbonyl (C=O) groups is 1. The molecule has 154 valence electrons. The van der Waals surface area contributed by atoms with Gasteiger partial charge in [-0.05, 0) is 50.5 Å². The zero-order valence-corrected chi connectivity index (χ0v) is 17.7. The maximum Gasteiger partial charge on any atom is 0.251 e. The molecule has 0 bridgehead atoms. The van der Waals surface area contributed by atoms with Crippen molar-refractivity contribution in [2.75, 3.05) is 20.3 Å². The van der Waals surface area contributed by atoms with E-state index in [0.717, 1.165) is 54.7 Å². The zero-order valence-electron chi connectivity index (χ0n) is 17.7. The third kappa shape index (κ3) is 5.45. The molecule has 1 heterocycles. The van der Waals surface area contributed by atoms with Crippen molar-refractivity contribution < 1.29 is 9.53 Å². The second-order valence-corrected chi connectivity index (χ2v) is 7.55. The van der Waals surface area contributed by atoms with Crippen molar-refractivity contribution in [3.63, 3.8) is 0 Å². The highest BCUT2D eigenvalue weighted by Gasteiger charge is 2.10. The number of para-hydroxylation sites is 2. The summed E-state index contributed by atoms with van der Waals surface area (Å²) in [6.45, 7) is 6.22. The molecule has 0 atom stereocenters. The quantitative estimate of drug-likeness (QED) is 0.518. The fraction of sp³-hybridized carbons (Fsp3) is 0.417. The lowest BCUT2D eigenvalue weighted by Gasteiger charge is -2.10. The normalized spacial score (nSPS) is 11.1. The van der Waals surface area contributed by atoms with Crippen molar-refractivity contribution in [2.24, 2.45) is 0 Å². The molecule has 1 amide bonds. The van der Waals surface area contributed by atoms with Gasteiger partial charge in [0.05, 0.1) is 17.6 Å². The summed E-state index contributed by atoms with van der Waals surface area (Å²) in [6.07, 6.45) is 4.01. The average Bonchev–Trinajstić information content (AvgIpc) is 3.06. The van der Waals surface area contributed by atoms with Gasteiger partial charge in [0.1, 0.15) is 5.82 Å². The Labute approximate surface area is 173 Å². The molecule has 5 heteroatoms. The van der Waals surface area contributed by atoms with E-state index in [1.54, 1.807) is 7.11 Å². The number of amides is 1. The number of unbranched alkanes of at least 4 members (excludes halogenated alkanes) is 2. The number of benzene rings is 2. The van der Waals surface area contributed by atoms with E-state index in [2.05, 4.69) is 28.1 Å². The van der Waals surface area contributed by atoms with Gasteiger partial charge in [0.15, 0.2) is 0 Å². The molecule has 0 unspecified atom stereocenters. The number of imidazole rings is 1. The van der Waals surface area contributed by atoms with Crippen molar-refractivity contribution in [2.45, 2.75) is 46.1 Å². The van der Waals surface area contributed by atoms with Gasteiger partial charge in [0.2, 0.25) is 0 Å². The Hall–Kier alpha value is -2.66. The molecule has 3 aromatic rings. The minimum atomic E-state index is 0.0175. The van der Waals surface area contributed by atoms with Crippen LogP contribution in [0.1, 0.15) is 46.6 Å². The van der Waals surface area contributed by atoms with E-state index < -0.39 is 0 Å². The van der Waals surface area contributed by atoms with E-state index in [-0.39, 0.29) is 5.91 Å². The number of methoxy groups -OCH3 is 1. The Kier molecular flexibility index (Phi) is 7.42. The largest absolute Gasteiger partial charge is 0.383 e. The Morgan fingerprint density at radius 2 is 1.93 bits per heavy atom. The topological polar surface area (TPSA) is 56.1 Å². The van der Waals surface area contributed by atoms with Crippen LogP contribution in [0.25, 0.3) is 11.0 Å². The molecular weight excluding hydrogens is 362 g/mol. The maximum absolute atomic E-state index is 12.3. The van der Waals surface area contributed by atoms with Gasteiger partial charge >= 0.3 is 0 Å². The molecule has 0 fully saturated rings. The number of nitrogens with one attached hydrogen (secondary N) is 1. The summed E-state index contributed by atoms with van der Waals surface area (Å²) in [5.74, 6) is 1.13. The minimum absolute atomic E-state index is 0.0175. The van der Waals surface area contributed by atoms with E-state index in [9.17, 15) is 4.79 Å². The summed E-state index contributed by atoms with van der Waals surface area (Å²) in [5.41, 5.74) is 5.18. The zero-order chi connectivity index (χ0) is 20.6. The number of aromatic nitrogens is 2. The van der Waals surface area contributed by atoms with Crippen LogP contribution in [0.3, 0.4) is 0 Å². The predicted molar refractivity (Wildman–Crippen MR) is 117 cm³/mol. The summed E-state index contributed by atoms with van der Waals surface area (Å²) >= 11 is 0.